The minimum absolute atomic E-state index is 0.597. The number of aromatic nitrogens is 2. The van der Waals surface area contributed by atoms with Crippen molar-refractivity contribution in [2.75, 3.05) is 17.4 Å². The van der Waals surface area contributed by atoms with E-state index >= 15 is 0 Å². The van der Waals surface area contributed by atoms with Gasteiger partial charge < -0.3 is 4.57 Å². The van der Waals surface area contributed by atoms with Crippen molar-refractivity contribution in [2.24, 2.45) is 0 Å². The summed E-state index contributed by atoms with van der Waals surface area (Å²) in [6, 6.07) is 7.11. The van der Waals surface area contributed by atoms with Crippen molar-refractivity contribution >= 4 is 34.4 Å². The molecule has 1 fully saturated rings. The van der Waals surface area contributed by atoms with Gasteiger partial charge in [-0.25, -0.2) is 4.98 Å². The average Bonchev–Trinajstić information content (AvgIpc) is 2.95. The van der Waals surface area contributed by atoms with E-state index in [0.29, 0.717) is 11.9 Å². The first kappa shape index (κ1) is 12.4. The molecule has 0 saturated carbocycles. The molecule has 1 atom stereocenters. The van der Waals surface area contributed by atoms with Crippen LogP contribution >= 0.6 is 23.4 Å². The molecular formula is C14H17ClN2S. The molecule has 2 aromatic rings. The van der Waals surface area contributed by atoms with E-state index in [4.69, 9.17) is 16.6 Å². The predicted octanol–water partition coefficient (Wildman–Crippen LogP) is 3.80. The molecule has 96 valence electrons. The van der Waals surface area contributed by atoms with E-state index in [-0.39, 0.29) is 0 Å². The molecule has 0 spiro atoms. The number of hydrogen-bond donors (Lipinski definition) is 0. The van der Waals surface area contributed by atoms with Gasteiger partial charge in [0.2, 0.25) is 0 Å². The summed E-state index contributed by atoms with van der Waals surface area (Å²) in [5, 5.41) is 0. The molecule has 1 aromatic carbocycles. The van der Waals surface area contributed by atoms with Crippen LogP contribution in [0.15, 0.2) is 18.2 Å². The normalized spacial score (nSPS) is 19.8. The molecule has 3 rings (SSSR count). The number of hydrogen-bond acceptors (Lipinski definition) is 2. The SMILES string of the molecule is Cc1ccc2nc(CCCl)n(C3CCSC3)c2c1. The maximum absolute atomic E-state index is 5.92. The van der Waals surface area contributed by atoms with Gasteiger partial charge in [-0.2, -0.15) is 11.8 Å². The Hall–Kier alpha value is -0.670. The predicted molar refractivity (Wildman–Crippen MR) is 79.9 cm³/mol. The molecule has 1 aliphatic heterocycles. The molecule has 0 bridgehead atoms. The molecule has 18 heavy (non-hydrogen) atoms. The fraction of sp³-hybridized carbons (Fsp3) is 0.500. The number of benzene rings is 1. The van der Waals surface area contributed by atoms with Crippen LogP contribution in [0.25, 0.3) is 11.0 Å². The third-order valence-corrected chi connectivity index (χ3v) is 4.84. The fourth-order valence-corrected chi connectivity index (χ4v) is 4.01. The van der Waals surface area contributed by atoms with Crippen LogP contribution < -0.4 is 0 Å². The largest absolute Gasteiger partial charge is 0.324 e. The van der Waals surface area contributed by atoms with Gasteiger partial charge in [0.05, 0.1) is 11.0 Å². The zero-order valence-electron chi connectivity index (χ0n) is 10.5. The lowest BCUT2D eigenvalue weighted by atomic mass is 10.2. The summed E-state index contributed by atoms with van der Waals surface area (Å²) >= 11 is 7.95. The van der Waals surface area contributed by atoms with E-state index in [2.05, 4.69) is 29.7 Å². The molecule has 0 aliphatic carbocycles. The first-order valence-corrected chi connectivity index (χ1v) is 8.09. The van der Waals surface area contributed by atoms with Crippen LogP contribution in [0.4, 0.5) is 0 Å². The van der Waals surface area contributed by atoms with E-state index < -0.39 is 0 Å². The summed E-state index contributed by atoms with van der Waals surface area (Å²) in [7, 11) is 0. The first-order valence-electron chi connectivity index (χ1n) is 6.41. The van der Waals surface area contributed by atoms with Crippen molar-refractivity contribution < 1.29 is 0 Å². The molecule has 2 heterocycles. The summed E-state index contributed by atoms with van der Waals surface area (Å²) in [5.41, 5.74) is 3.69. The lowest BCUT2D eigenvalue weighted by molar-refractivity contribution is 0.552. The second-order valence-electron chi connectivity index (χ2n) is 4.85. The molecule has 1 aliphatic rings. The zero-order chi connectivity index (χ0) is 12.5. The zero-order valence-corrected chi connectivity index (χ0v) is 12.1. The Labute approximate surface area is 117 Å². The molecule has 2 nitrogen and oxygen atoms in total. The topological polar surface area (TPSA) is 17.8 Å². The van der Waals surface area contributed by atoms with Gasteiger partial charge in [-0.3, -0.25) is 0 Å². The first-order chi connectivity index (χ1) is 8.79. The molecule has 0 radical (unpaired) electrons. The van der Waals surface area contributed by atoms with Gasteiger partial charge in [0.15, 0.2) is 0 Å². The minimum atomic E-state index is 0.597. The van der Waals surface area contributed by atoms with E-state index in [1.165, 1.54) is 29.0 Å². The molecule has 0 amide bonds. The van der Waals surface area contributed by atoms with Crippen molar-refractivity contribution in [2.45, 2.75) is 25.8 Å². The Morgan fingerprint density at radius 2 is 2.39 bits per heavy atom. The molecule has 1 aromatic heterocycles. The van der Waals surface area contributed by atoms with Crippen LogP contribution in [0, 0.1) is 6.92 Å². The maximum atomic E-state index is 5.92. The molecule has 1 unspecified atom stereocenters. The minimum Gasteiger partial charge on any atom is -0.324 e. The highest BCUT2D eigenvalue weighted by Crippen LogP contribution is 2.32. The van der Waals surface area contributed by atoms with Crippen LogP contribution in [0.2, 0.25) is 0 Å². The molecule has 0 N–H and O–H groups in total. The molecular weight excluding hydrogens is 264 g/mol. The van der Waals surface area contributed by atoms with Crippen LogP contribution in [-0.2, 0) is 6.42 Å². The highest BCUT2D eigenvalue weighted by molar-refractivity contribution is 7.99. The van der Waals surface area contributed by atoms with E-state index in [0.717, 1.165) is 17.8 Å². The second-order valence-corrected chi connectivity index (χ2v) is 6.37. The molecule has 4 heteroatoms. The monoisotopic (exact) mass is 280 g/mol. The van der Waals surface area contributed by atoms with Crippen LogP contribution in [0.5, 0.6) is 0 Å². The highest BCUT2D eigenvalue weighted by Gasteiger charge is 2.22. The summed E-state index contributed by atoms with van der Waals surface area (Å²) < 4.78 is 2.44. The van der Waals surface area contributed by atoms with Crippen molar-refractivity contribution in [3.8, 4) is 0 Å². The van der Waals surface area contributed by atoms with E-state index in [1.807, 2.05) is 11.8 Å². The quantitative estimate of drug-likeness (QED) is 0.796. The summed E-state index contributed by atoms with van der Waals surface area (Å²) in [4.78, 5) is 4.76. The number of imidazole rings is 1. The Kier molecular flexibility index (Phi) is 3.53. The van der Waals surface area contributed by atoms with E-state index in [9.17, 15) is 0 Å². The van der Waals surface area contributed by atoms with Crippen molar-refractivity contribution in [3.63, 3.8) is 0 Å². The standard InChI is InChI=1S/C14H17ClN2S/c1-10-2-3-12-13(8-10)17(11-5-7-18-9-11)14(16-12)4-6-15/h2-3,8,11H,4-7,9H2,1H3. The Morgan fingerprint density at radius 1 is 1.50 bits per heavy atom. The van der Waals surface area contributed by atoms with Gasteiger partial charge in [-0.15, -0.1) is 11.6 Å². The lowest BCUT2D eigenvalue weighted by Crippen LogP contribution is -2.12. The Bertz CT molecular complexity index is 558. The number of fused-ring (bicyclic) bond motifs is 1. The van der Waals surface area contributed by atoms with Gasteiger partial charge in [-0.1, -0.05) is 6.07 Å². The number of nitrogens with zero attached hydrogens (tertiary/aromatic N) is 2. The number of halogens is 1. The third kappa shape index (κ3) is 2.14. The van der Waals surface area contributed by atoms with Gasteiger partial charge >= 0.3 is 0 Å². The van der Waals surface area contributed by atoms with Gasteiger partial charge in [0, 0.05) is 24.1 Å². The van der Waals surface area contributed by atoms with Crippen LogP contribution in [-0.4, -0.2) is 26.9 Å². The number of rotatable bonds is 3. The number of alkyl halides is 1. The van der Waals surface area contributed by atoms with E-state index in [1.54, 1.807) is 0 Å². The van der Waals surface area contributed by atoms with Crippen molar-refractivity contribution in [1.29, 1.82) is 0 Å². The van der Waals surface area contributed by atoms with Gasteiger partial charge in [0.1, 0.15) is 5.82 Å². The average molecular weight is 281 g/mol. The van der Waals surface area contributed by atoms with Crippen LogP contribution in [0.1, 0.15) is 23.9 Å². The highest BCUT2D eigenvalue weighted by atomic mass is 35.5. The second kappa shape index (κ2) is 5.14. The smallest absolute Gasteiger partial charge is 0.111 e. The van der Waals surface area contributed by atoms with Crippen LogP contribution in [0.3, 0.4) is 0 Å². The van der Waals surface area contributed by atoms with Crippen molar-refractivity contribution in [1.82, 2.24) is 9.55 Å². The number of aryl methyl sites for hydroxylation is 2. The lowest BCUT2D eigenvalue weighted by Gasteiger charge is -2.15. The van der Waals surface area contributed by atoms with Gasteiger partial charge in [0.25, 0.3) is 0 Å². The summed E-state index contributed by atoms with van der Waals surface area (Å²) in [6.45, 7) is 2.14. The van der Waals surface area contributed by atoms with Gasteiger partial charge in [-0.05, 0) is 36.8 Å². The third-order valence-electron chi connectivity index (χ3n) is 3.51. The molecule has 1 saturated heterocycles. The summed E-state index contributed by atoms with van der Waals surface area (Å²) in [6.07, 6.45) is 2.11. The fourth-order valence-electron chi connectivity index (χ4n) is 2.65. The number of thioether (sulfide) groups is 1. The Balaban J connectivity index is 2.16. The Morgan fingerprint density at radius 3 is 3.11 bits per heavy atom. The van der Waals surface area contributed by atoms with Crippen molar-refractivity contribution in [3.05, 3.63) is 29.6 Å². The summed E-state index contributed by atoms with van der Waals surface area (Å²) in [5.74, 6) is 4.26. The maximum Gasteiger partial charge on any atom is 0.111 e.